The van der Waals surface area contributed by atoms with Crippen LogP contribution in [0.25, 0.3) is 10.9 Å². The van der Waals surface area contributed by atoms with Gasteiger partial charge in [-0.05, 0) is 66.7 Å². The molecule has 0 spiro atoms. The second kappa shape index (κ2) is 6.74. The summed E-state index contributed by atoms with van der Waals surface area (Å²) < 4.78 is 40.5. The van der Waals surface area contributed by atoms with Crippen LogP contribution in [-0.2, 0) is 6.54 Å². The summed E-state index contributed by atoms with van der Waals surface area (Å²) in [6.45, 7) is 3.32. The minimum absolute atomic E-state index is 0.343. The summed E-state index contributed by atoms with van der Waals surface area (Å²) >= 11 is 1.98. The lowest BCUT2D eigenvalue weighted by Crippen LogP contribution is -2.43. The summed E-state index contributed by atoms with van der Waals surface area (Å²) in [5.74, 6) is 0.496. The van der Waals surface area contributed by atoms with Crippen LogP contribution in [0.15, 0.2) is 24.3 Å². The standard InChI is InChI=1S/C17H21F3IN3/c1-11-9-23(2)7-6-13(11)22-14-4-3-5-15-12(14)8-16(21)24(15)10-17(18,19)20/h3-5,8,11,13,22H,6-7,9-10H2,1-2H3. The molecule has 1 aliphatic heterocycles. The number of piperidine rings is 1. The number of benzene rings is 1. The molecule has 1 fully saturated rings. The molecule has 1 aromatic heterocycles. The zero-order valence-electron chi connectivity index (χ0n) is 13.7. The molecule has 1 N–H and O–H groups in total. The first-order valence-electron chi connectivity index (χ1n) is 8.04. The fourth-order valence-corrected chi connectivity index (χ4v) is 4.23. The predicted octanol–water partition coefficient (Wildman–Crippen LogP) is 4.56. The van der Waals surface area contributed by atoms with Crippen molar-refractivity contribution in [2.45, 2.75) is 32.1 Å². The monoisotopic (exact) mass is 451 g/mol. The Morgan fingerprint density at radius 1 is 1.33 bits per heavy atom. The van der Waals surface area contributed by atoms with Crippen molar-refractivity contribution in [3.05, 3.63) is 28.0 Å². The summed E-state index contributed by atoms with van der Waals surface area (Å²) in [7, 11) is 2.12. The van der Waals surface area contributed by atoms with E-state index in [1.54, 1.807) is 6.07 Å². The van der Waals surface area contributed by atoms with Gasteiger partial charge < -0.3 is 14.8 Å². The number of nitrogens with one attached hydrogen (secondary N) is 1. The second-order valence-corrected chi connectivity index (χ2v) is 7.79. The van der Waals surface area contributed by atoms with Gasteiger partial charge in [-0.15, -0.1) is 0 Å². The number of nitrogens with zero attached hydrogens (tertiary/aromatic N) is 2. The summed E-state index contributed by atoms with van der Waals surface area (Å²) in [4.78, 5) is 2.31. The largest absolute Gasteiger partial charge is 0.406 e. The van der Waals surface area contributed by atoms with Crippen molar-refractivity contribution in [2.24, 2.45) is 5.92 Å². The van der Waals surface area contributed by atoms with Crippen molar-refractivity contribution in [3.63, 3.8) is 0 Å². The highest BCUT2D eigenvalue weighted by atomic mass is 127. The lowest BCUT2D eigenvalue weighted by molar-refractivity contribution is -0.140. The van der Waals surface area contributed by atoms with Crippen LogP contribution < -0.4 is 5.32 Å². The van der Waals surface area contributed by atoms with E-state index in [0.717, 1.165) is 30.6 Å². The number of rotatable bonds is 3. The molecule has 0 radical (unpaired) electrons. The topological polar surface area (TPSA) is 20.2 Å². The Labute approximate surface area is 153 Å². The lowest BCUT2D eigenvalue weighted by atomic mass is 9.94. The van der Waals surface area contributed by atoms with Crippen molar-refractivity contribution in [3.8, 4) is 0 Å². The van der Waals surface area contributed by atoms with Gasteiger partial charge in [0.05, 0.1) is 9.22 Å². The molecule has 1 aromatic carbocycles. The molecule has 2 aromatic rings. The maximum Gasteiger partial charge on any atom is 0.406 e. The predicted molar refractivity (Wildman–Crippen MR) is 99.4 cm³/mol. The number of aromatic nitrogens is 1. The molecule has 132 valence electrons. The molecule has 1 aliphatic rings. The van der Waals surface area contributed by atoms with E-state index in [2.05, 4.69) is 24.2 Å². The molecule has 0 saturated carbocycles. The molecule has 0 bridgehead atoms. The van der Waals surface area contributed by atoms with E-state index < -0.39 is 12.7 Å². The Kier molecular flexibility index (Phi) is 5.01. The quantitative estimate of drug-likeness (QED) is 0.691. The first kappa shape index (κ1) is 17.8. The Morgan fingerprint density at radius 2 is 2.08 bits per heavy atom. The Morgan fingerprint density at radius 3 is 2.75 bits per heavy atom. The van der Waals surface area contributed by atoms with Gasteiger partial charge in [0.2, 0.25) is 0 Å². The molecule has 2 heterocycles. The maximum atomic E-state index is 12.8. The first-order valence-corrected chi connectivity index (χ1v) is 9.12. The van der Waals surface area contributed by atoms with Crippen LogP contribution in [0.1, 0.15) is 13.3 Å². The number of alkyl halides is 3. The van der Waals surface area contributed by atoms with E-state index in [9.17, 15) is 13.2 Å². The van der Waals surface area contributed by atoms with Crippen molar-refractivity contribution in [1.82, 2.24) is 9.47 Å². The molecule has 1 saturated heterocycles. The van der Waals surface area contributed by atoms with Gasteiger partial charge in [0.15, 0.2) is 0 Å². The molecule has 0 aliphatic carbocycles. The third-order valence-electron chi connectivity index (χ3n) is 4.68. The molecule has 3 rings (SSSR count). The minimum atomic E-state index is -4.22. The maximum absolute atomic E-state index is 12.8. The normalized spacial score (nSPS) is 22.9. The average molecular weight is 451 g/mol. The summed E-state index contributed by atoms with van der Waals surface area (Å²) in [5.41, 5.74) is 1.55. The van der Waals surface area contributed by atoms with Gasteiger partial charge in [-0.1, -0.05) is 13.0 Å². The van der Waals surface area contributed by atoms with Crippen molar-refractivity contribution < 1.29 is 13.2 Å². The molecule has 24 heavy (non-hydrogen) atoms. The number of likely N-dealkylation sites (tertiary alicyclic amines) is 1. The summed E-state index contributed by atoms with van der Waals surface area (Å²) in [6, 6.07) is 7.72. The summed E-state index contributed by atoms with van der Waals surface area (Å²) in [5, 5.41) is 4.43. The fourth-order valence-electron chi connectivity index (χ4n) is 3.49. The average Bonchev–Trinajstić information content (AvgIpc) is 2.78. The van der Waals surface area contributed by atoms with E-state index in [4.69, 9.17) is 0 Å². The molecular formula is C17H21F3IN3. The zero-order chi connectivity index (χ0) is 17.5. The van der Waals surface area contributed by atoms with Gasteiger partial charge in [0.1, 0.15) is 6.54 Å². The van der Waals surface area contributed by atoms with Crippen molar-refractivity contribution >= 4 is 39.2 Å². The van der Waals surface area contributed by atoms with Gasteiger partial charge in [-0.3, -0.25) is 0 Å². The number of hydrogen-bond acceptors (Lipinski definition) is 2. The Balaban J connectivity index is 1.91. The van der Waals surface area contributed by atoms with E-state index in [-0.39, 0.29) is 0 Å². The van der Waals surface area contributed by atoms with Crippen LogP contribution in [0.5, 0.6) is 0 Å². The van der Waals surface area contributed by atoms with E-state index in [1.807, 2.05) is 40.8 Å². The van der Waals surface area contributed by atoms with Crippen molar-refractivity contribution in [1.29, 1.82) is 0 Å². The molecule has 2 atom stereocenters. The number of hydrogen-bond donors (Lipinski definition) is 1. The van der Waals surface area contributed by atoms with E-state index >= 15 is 0 Å². The van der Waals surface area contributed by atoms with Crippen LogP contribution in [0.4, 0.5) is 18.9 Å². The molecule has 0 amide bonds. The van der Waals surface area contributed by atoms with Crippen LogP contribution >= 0.6 is 22.6 Å². The highest BCUT2D eigenvalue weighted by Gasteiger charge is 2.30. The smallest absolute Gasteiger partial charge is 0.381 e. The van der Waals surface area contributed by atoms with Crippen LogP contribution in [0, 0.1) is 9.62 Å². The second-order valence-electron chi connectivity index (χ2n) is 6.69. The van der Waals surface area contributed by atoms with Gasteiger partial charge in [0, 0.05) is 23.7 Å². The third kappa shape index (κ3) is 3.82. The molecular weight excluding hydrogens is 430 g/mol. The van der Waals surface area contributed by atoms with Crippen LogP contribution in [-0.4, -0.2) is 41.8 Å². The van der Waals surface area contributed by atoms with Gasteiger partial charge >= 0.3 is 6.18 Å². The van der Waals surface area contributed by atoms with Crippen LogP contribution in [0.3, 0.4) is 0 Å². The third-order valence-corrected chi connectivity index (χ3v) is 5.58. The summed E-state index contributed by atoms with van der Waals surface area (Å²) in [6.07, 6.45) is -3.19. The lowest BCUT2D eigenvalue weighted by Gasteiger charge is -2.36. The van der Waals surface area contributed by atoms with E-state index in [1.165, 1.54) is 4.57 Å². The molecule has 2 unspecified atom stereocenters. The van der Waals surface area contributed by atoms with E-state index in [0.29, 0.717) is 21.2 Å². The molecule has 7 heteroatoms. The van der Waals surface area contributed by atoms with Gasteiger partial charge in [0.25, 0.3) is 0 Å². The highest BCUT2D eigenvalue weighted by molar-refractivity contribution is 14.1. The Hall–Kier alpha value is -0.960. The zero-order valence-corrected chi connectivity index (χ0v) is 15.9. The minimum Gasteiger partial charge on any atom is -0.381 e. The SMILES string of the molecule is CC1CN(C)CCC1Nc1cccc2c1cc(I)n2CC(F)(F)F. The fraction of sp³-hybridized carbons (Fsp3) is 0.529. The molecule has 3 nitrogen and oxygen atoms in total. The Bertz CT molecular complexity index is 726. The van der Waals surface area contributed by atoms with Gasteiger partial charge in [-0.25, -0.2) is 0 Å². The first-order chi connectivity index (χ1) is 11.2. The number of anilines is 1. The van der Waals surface area contributed by atoms with Gasteiger partial charge in [-0.2, -0.15) is 13.2 Å². The van der Waals surface area contributed by atoms with Crippen LogP contribution in [0.2, 0.25) is 0 Å². The van der Waals surface area contributed by atoms with Crippen molar-refractivity contribution in [2.75, 3.05) is 25.5 Å². The number of halogens is 4. The number of fused-ring (bicyclic) bond motifs is 1. The highest BCUT2D eigenvalue weighted by Crippen LogP contribution is 2.32.